The van der Waals surface area contributed by atoms with E-state index in [4.69, 9.17) is 9.84 Å². The Balaban J connectivity index is 1.99. The predicted octanol–water partition coefficient (Wildman–Crippen LogP) is -0.481. The molecule has 0 amide bonds. The first-order valence-corrected chi connectivity index (χ1v) is 4.71. The number of aliphatic hydroxyl groups excluding tert-OH is 1. The van der Waals surface area contributed by atoms with Gasteiger partial charge in [-0.05, 0) is 6.07 Å². The van der Waals surface area contributed by atoms with Gasteiger partial charge in [0.15, 0.2) is 0 Å². The molecule has 0 bridgehead atoms. The number of aryl methyl sites for hydroxylation is 1. The zero-order valence-electron chi connectivity index (χ0n) is 8.44. The first-order chi connectivity index (χ1) is 6.83. The SMILES string of the molecule is Cn1ccc(CNCCOCCO)n1. The first-order valence-electron chi connectivity index (χ1n) is 4.71. The summed E-state index contributed by atoms with van der Waals surface area (Å²) in [5.41, 5.74) is 1.02. The normalized spacial score (nSPS) is 10.7. The molecule has 0 aliphatic rings. The Morgan fingerprint density at radius 1 is 1.57 bits per heavy atom. The molecule has 0 atom stereocenters. The van der Waals surface area contributed by atoms with Gasteiger partial charge in [-0.15, -0.1) is 0 Å². The van der Waals surface area contributed by atoms with Crippen molar-refractivity contribution in [3.8, 4) is 0 Å². The number of aromatic nitrogens is 2. The highest BCUT2D eigenvalue weighted by atomic mass is 16.5. The molecule has 1 aromatic heterocycles. The molecule has 2 N–H and O–H groups in total. The topological polar surface area (TPSA) is 59.3 Å². The molecular formula is C9H17N3O2. The zero-order valence-corrected chi connectivity index (χ0v) is 8.44. The molecule has 0 saturated heterocycles. The van der Waals surface area contributed by atoms with Gasteiger partial charge in [-0.1, -0.05) is 0 Å². The van der Waals surface area contributed by atoms with E-state index in [0.29, 0.717) is 13.2 Å². The lowest BCUT2D eigenvalue weighted by Crippen LogP contribution is -2.20. The van der Waals surface area contributed by atoms with Crippen molar-refractivity contribution in [1.29, 1.82) is 0 Å². The molecular weight excluding hydrogens is 182 g/mol. The van der Waals surface area contributed by atoms with E-state index in [-0.39, 0.29) is 6.61 Å². The smallest absolute Gasteiger partial charge is 0.0762 e. The van der Waals surface area contributed by atoms with Crippen LogP contribution in [0.1, 0.15) is 5.69 Å². The monoisotopic (exact) mass is 199 g/mol. The van der Waals surface area contributed by atoms with Crippen LogP contribution in [0.2, 0.25) is 0 Å². The Morgan fingerprint density at radius 3 is 3.07 bits per heavy atom. The molecule has 0 fully saturated rings. The summed E-state index contributed by atoms with van der Waals surface area (Å²) < 4.78 is 6.86. The van der Waals surface area contributed by atoms with Crippen molar-refractivity contribution in [1.82, 2.24) is 15.1 Å². The molecule has 0 saturated carbocycles. The second kappa shape index (κ2) is 6.53. The van der Waals surface area contributed by atoms with Crippen molar-refractivity contribution in [2.75, 3.05) is 26.4 Å². The molecule has 0 spiro atoms. The van der Waals surface area contributed by atoms with E-state index < -0.39 is 0 Å². The lowest BCUT2D eigenvalue weighted by Gasteiger charge is -2.03. The third-order valence-electron chi connectivity index (χ3n) is 1.73. The molecule has 1 aromatic rings. The van der Waals surface area contributed by atoms with Crippen LogP contribution in [-0.2, 0) is 18.3 Å². The number of hydrogen-bond acceptors (Lipinski definition) is 4. The molecule has 0 radical (unpaired) electrons. The maximum Gasteiger partial charge on any atom is 0.0762 e. The van der Waals surface area contributed by atoms with E-state index in [1.54, 1.807) is 4.68 Å². The minimum absolute atomic E-state index is 0.0836. The molecule has 14 heavy (non-hydrogen) atoms. The second-order valence-corrected chi connectivity index (χ2v) is 2.99. The summed E-state index contributed by atoms with van der Waals surface area (Å²) in [4.78, 5) is 0. The Kier molecular flexibility index (Phi) is 5.21. The number of ether oxygens (including phenoxy) is 1. The van der Waals surface area contributed by atoms with Gasteiger partial charge in [0.2, 0.25) is 0 Å². The standard InChI is InChI=1S/C9H17N3O2/c1-12-4-2-9(11-12)8-10-3-6-14-7-5-13/h2,4,10,13H,3,5-8H2,1H3. The summed E-state index contributed by atoms with van der Waals surface area (Å²) in [6.45, 7) is 2.64. The molecule has 0 unspecified atom stereocenters. The van der Waals surface area contributed by atoms with Crippen LogP contribution in [0.15, 0.2) is 12.3 Å². The van der Waals surface area contributed by atoms with Crippen LogP contribution >= 0.6 is 0 Å². The number of hydrogen-bond donors (Lipinski definition) is 2. The summed E-state index contributed by atoms with van der Waals surface area (Å²) in [7, 11) is 1.90. The fourth-order valence-corrected chi connectivity index (χ4v) is 1.08. The molecule has 0 aliphatic carbocycles. The highest BCUT2D eigenvalue weighted by Crippen LogP contribution is 1.91. The van der Waals surface area contributed by atoms with Crippen molar-refractivity contribution >= 4 is 0 Å². The van der Waals surface area contributed by atoms with Gasteiger partial charge >= 0.3 is 0 Å². The fourth-order valence-electron chi connectivity index (χ4n) is 1.08. The van der Waals surface area contributed by atoms with E-state index in [1.807, 2.05) is 19.3 Å². The van der Waals surface area contributed by atoms with Gasteiger partial charge in [-0.25, -0.2) is 0 Å². The summed E-state index contributed by atoms with van der Waals surface area (Å²) in [5.74, 6) is 0. The van der Waals surface area contributed by atoms with Crippen LogP contribution in [-0.4, -0.2) is 41.3 Å². The summed E-state index contributed by atoms with van der Waals surface area (Å²) in [6, 6.07) is 1.97. The maximum absolute atomic E-state index is 8.45. The number of rotatable bonds is 7. The zero-order chi connectivity index (χ0) is 10.2. The molecule has 1 rings (SSSR count). The summed E-state index contributed by atoms with van der Waals surface area (Å²) >= 11 is 0. The molecule has 5 heteroatoms. The van der Waals surface area contributed by atoms with Crippen molar-refractivity contribution in [2.45, 2.75) is 6.54 Å². The Hall–Kier alpha value is -0.910. The van der Waals surface area contributed by atoms with Crippen molar-refractivity contribution in [2.24, 2.45) is 7.05 Å². The summed E-state index contributed by atoms with van der Waals surface area (Å²) in [6.07, 6.45) is 1.92. The van der Waals surface area contributed by atoms with E-state index in [0.717, 1.165) is 18.8 Å². The minimum Gasteiger partial charge on any atom is -0.394 e. The van der Waals surface area contributed by atoms with E-state index in [2.05, 4.69) is 10.4 Å². The minimum atomic E-state index is 0.0836. The van der Waals surface area contributed by atoms with Crippen LogP contribution in [0.25, 0.3) is 0 Å². The third kappa shape index (κ3) is 4.36. The van der Waals surface area contributed by atoms with E-state index >= 15 is 0 Å². The predicted molar refractivity (Wildman–Crippen MR) is 52.8 cm³/mol. The van der Waals surface area contributed by atoms with Gasteiger partial charge in [0, 0.05) is 26.3 Å². The van der Waals surface area contributed by atoms with Crippen LogP contribution in [0, 0.1) is 0 Å². The van der Waals surface area contributed by atoms with E-state index in [9.17, 15) is 0 Å². The molecule has 0 aliphatic heterocycles. The van der Waals surface area contributed by atoms with Crippen molar-refractivity contribution < 1.29 is 9.84 Å². The number of aliphatic hydroxyl groups is 1. The molecule has 80 valence electrons. The van der Waals surface area contributed by atoms with Gasteiger partial charge in [0.1, 0.15) is 0 Å². The van der Waals surface area contributed by atoms with Gasteiger partial charge in [-0.2, -0.15) is 5.10 Å². The van der Waals surface area contributed by atoms with Gasteiger partial charge in [0.25, 0.3) is 0 Å². The average molecular weight is 199 g/mol. The highest BCUT2D eigenvalue weighted by Gasteiger charge is 1.95. The van der Waals surface area contributed by atoms with Crippen molar-refractivity contribution in [3.63, 3.8) is 0 Å². The van der Waals surface area contributed by atoms with Crippen LogP contribution in [0.3, 0.4) is 0 Å². The second-order valence-electron chi connectivity index (χ2n) is 2.99. The lowest BCUT2D eigenvalue weighted by molar-refractivity contribution is 0.0937. The Morgan fingerprint density at radius 2 is 2.43 bits per heavy atom. The first kappa shape index (κ1) is 11.2. The maximum atomic E-state index is 8.45. The van der Waals surface area contributed by atoms with Crippen LogP contribution < -0.4 is 5.32 Å². The Labute approximate surface area is 83.7 Å². The quantitative estimate of drug-likeness (QED) is 0.582. The van der Waals surface area contributed by atoms with Gasteiger partial charge < -0.3 is 15.2 Å². The Bertz CT molecular complexity index is 250. The average Bonchev–Trinajstić information content (AvgIpc) is 2.58. The van der Waals surface area contributed by atoms with Crippen LogP contribution in [0.4, 0.5) is 0 Å². The van der Waals surface area contributed by atoms with Crippen molar-refractivity contribution in [3.05, 3.63) is 18.0 Å². The fraction of sp³-hybridized carbons (Fsp3) is 0.667. The molecule has 0 aromatic carbocycles. The van der Waals surface area contributed by atoms with Crippen LogP contribution in [0.5, 0.6) is 0 Å². The lowest BCUT2D eigenvalue weighted by atomic mass is 10.4. The highest BCUT2D eigenvalue weighted by molar-refractivity contribution is 4.97. The van der Waals surface area contributed by atoms with Gasteiger partial charge in [0.05, 0.1) is 25.5 Å². The van der Waals surface area contributed by atoms with E-state index in [1.165, 1.54) is 0 Å². The molecule has 1 heterocycles. The van der Waals surface area contributed by atoms with Gasteiger partial charge in [-0.3, -0.25) is 4.68 Å². The largest absolute Gasteiger partial charge is 0.394 e. The summed E-state index contributed by atoms with van der Waals surface area (Å²) in [5, 5.41) is 15.9. The number of nitrogens with one attached hydrogen (secondary N) is 1. The third-order valence-corrected chi connectivity index (χ3v) is 1.73. The number of nitrogens with zero attached hydrogens (tertiary/aromatic N) is 2. The molecule has 5 nitrogen and oxygen atoms in total.